The highest BCUT2D eigenvalue weighted by atomic mass is 35.5. The number of aromatic carboxylic acids is 1. The molecule has 0 aliphatic carbocycles. The van der Waals surface area contributed by atoms with Gasteiger partial charge in [-0.3, -0.25) is 0 Å². The van der Waals surface area contributed by atoms with Gasteiger partial charge in [0, 0.05) is 36.5 Å². The Balaban J connectivity index is 1.99. The molecule has 0 saturated carbocycles. The van der Waals surface area contributed by atoms with Gasteiger partial charge in [-0.05, 0) is 18.2 Å². The largest absolute Gasteiger partial charge is 0.476 e. The maximum absolute atomic E-state index is 11.6. The Morgan fingerprint density at radius 3 is 2.74 bits per heavy atom. The van der Waals surface area contributed by atoms with E-state index in [2.05, 4.69) is 15.0 Å². The molecular weight excluding hydrogens is 370 g/mol. The second kappa shape index (κ2) is 6.86. The van der Waals surface area contributed by atoms with Crippen LogP contribution in [0.3, 0.4) is 0 Å². The molecule has 0 spiro atoms. The monoisotopic (exact) mass is 383 g/mol. The predicted octanol–water partition coefficient (Wildman–Crippen LogP) is 4.40. The van der Waals surface area contributed by atoms with Crippen molar-refractivity contribution in [2.45, 2.75) is 6.61 Å². The van der Waals surface area contributed by atoms with Crippen molar-refractivity contribution in [2.24, 2.45) is 0 Å². The van der Waals surface area contributed by atoms with E-state index in [0.29, 0.717) is 27.6 Å². The first kappa shape index (κ1) is 17.3. The number of methoxy groups -OCH3 is 1. The third kappa shape index (κ3) is 3.07. The first-order chi connectivity index (χ1) is 13.1. The zero-order valence-electron chi connectivity index (χ0n) is 14.2. The van der Waals surface area contributed by atoms with Crippen molar-refractivity contribution in [1.29, 1.82) is 0 Å². The molecule has 0 unspecified atom stereocenters. The topological polar surface area (TPSA) is 97.3 Å². The molecule has 7 nitrogen and oxygen atoms in total. The molecule has 3 heterocycles. The predicted molar refractivity (Wildman–Crippen MR) is 101 cm³/mol. The number of carboxylic acids is 1. The Hall–Kier alpha value is -3.16. The number of aromatic amines is 1. The van der Waals surface area contributed by atoms with E-state index < -0.39 is 5.97 Å². The fourth-order valence-electron chi connectivity index (χ4n) is 3.03. The minimum Gasteiger partial charge on any atom is -0.476 e. The molecule has 0 amide bonds. The Kier molecular flexibility index (Phi) is 4.39. The third-order valence-electron chi connectivity index (χ3n) is 4.11. The third-order valence-corrected chi connectivity index (χ3v) is 4.33. The van der Waals surface area contributed by atoms with E-state index in [1.165, 1.54) is 12.4 Å². The normalized spacial score (nSPS) is 11.2. The summed E-state index contributed by atoms with van der Waals surface area (Å²) in [6, 6.07) is 8.80. The van der Waals surface area contributed by atoms with E-state index in [4.69, 9.17) is 21.1 Å². The summed E-state index contributed by atoms with van der Waals surface area (Å²) in [6.07, 6.45) is 3.01. The molecule has 0 atom stereocenters. The molecule has 4 aromatic rings. The molecule has 8 heteroatoms. The zero-order chi connectivity index (χ0) is 19.0. The molecular formula is C19H14ClN3O4. The lowest BCUT2D eigenvalue weighted by molar-refractivity contribution is 0.0692. The lowest BCUT2D eigenvalue weighted by Crippen LogP contribution is -2.03. The second-order valence-corrected chi connectivity index (χ2v) is 6.28. The number of aromatic nitrogens is 3. The van der Waals surface area contributed by atoms with Crippen molar-refractivity contribution in [3.63, 3.8) is 0 Å². The standard InChI is InChI=1S/C19H14ClN3O4/c1-26-9-10-7-22-18(19(24)25)17-15(10)16-12(23-17)3-2-4-13(16)27-14-6-5-11(20)8-21-14/h2-8,23H,9H2,1H3,(H,24,25). The highest BCUT2D eigenvalue weighted by molar-refractivity contribution is 6.30. The molecule has 2 N–H and O–H groups in total. The van der Waals surface area contributed by atoms with Crippen LogP contribution in [0.4, 0.5) is 0 Å². The van der Waals surface area contributed by atoms with Gasteiger partial charge in [0.25, 0.3) is 0 Å². The summed E-state index contributed by atoms with van der Waals surface area (Å²) in [5.41, 5.74) is 1.84. The van der Waals surface area contributed by atoms with Gasteiger partial charge in [-0.25, -0.2) is 14.8 Å². The van der Waals surface area contributed by atoms with Crippen molar-refractivity contribution in [2.75, 3.05) is 7.11 Å². The van der Waals surface area contributed by atoms with E-state index in [9.17, 15) is 9.90 Å². The van der Waals surface area contributed by atoms with Crippen molar-refractivity contribution >= 4 is 39.4 Å². The van der Waals surface area contributed by atoms with Crippen LogP contribution in [0.2, 0.25) is 5.02 Å². The summed E-state index contributed by atoms with van der Waals surface area (Å²) in [5.74, 6) is -0.201. The lowest BCUT2D eigenvalue weighted by atomic mass is 10.1. The van der Waals surface area contributed by atoms with Gasteiger partial charge in [0.05, 0.1) is 28.0 Å². The average molecular weight is 384 g/mol. The smallest absolute Gasteiger partial charge is 0.356 e. The van der Waals surface area contributed by atoms with E-state index in [1.807, 2.05) is 12.1 Å². The highest BCUT2D eigenvalue weighted by Crippen LogP contribution is 2.38. The maximum Gasteiger partial charge on any atom is 0.356 e. The molecule has 1 aromatic carbocycles. The minimum absolute atomic E-state index is 0.0587. The summed E-state index contributed by atoms with van der Waals surface area (Å²) in [6.45, 7) is 0.282. The molecule has 0 bridgehead atoms. The van der Waals surface area contributed by atoms with Gasteiger partial charge in [-0.1, -0.05) is 17.7 Å². The number of carbonyl (C=O) groups is 1. The Labute approximate surface area is 158 Å². The number of hydrogen-bond donors (Lipinski definition) is 2. The quantitative estimate of drug-likeness (QED) is 0.530. The maximum atomic E-state index is 11.6. The van der Waals surface area contributed by atoms with Crippen LogP contribution in [0.5, 0.6) is 11.6 Å². The van der Waals surface area contributed by atoms with Crippen LogP contribution in [0.1, 0.15) is 16.1 Å². The molecule has 0 saturated heterocycles. The first-order valence-corrected chi connectivity index (χ1v) is 8.40. The van der Waals surface area contributed by atoms with E-state index in [-0.39, 0.29) is 12.3 Å². The molecule has 0 aliphatic rings. The molecule has 3 aromatic heterocycles. The highest BCUT2D eigenvalue weighted by Gasteiger charge is 2.20. The van der Waals surface area contributed by atoms with E-state index in [0.717, 1.165) is 16.5 Å². The van der Waals surface area contributed by atoms with Crippen LogP contribution in [0.15, 0.2) is 42.7 Å². The molecule has 136 valence electrons. The number of benzene rings is 1. The Bertz CT molecular complexity index is 1160. The average Bonchev–Trinajstić information content (AvgIpc) is 3.04. The fraction of sp³-hybridized carbons (Fsp3) is 0.105. The number of hydrogen-bond acceptors (Lipinski definition) is 5. The second-order valence-electron chi connectivity index (χ2n) is 5.84. The molecule has 0 radical (unpaired) electrons. The number of nitrogens with one attached hydrogen (secondary N) is 1. The SMILES string of the molecule is COCc1cnc(C(=O)O)c2[nH]c3cccc(Oc4ccc(Cl)cn4)c3c12. The minimum atomic E-state index is -1.11. The van der Waals surface area contributed by atoms with Gasteiger partial charge in [0.2, 0.25) is 5.88 Å². The van der Waals surface area contributed by atoms with Crippen molar-refractivity contribution < 1.29 is 19.4 Å². The van der Waals surface area contributed by atoms with Crippen LogP contribution in [-0.4, -0.2) is 33.1 Å². The summed E-state index contributed by atoms with van der Waals surface area (Å²) in [5, 5.41) is 11.4. The fourth-order valence-corrected chi connectivity index (χ4v) is 3.14. The summed E-state index contributed by atoms with van der Waals surface area (Å²) in [7, 11) is 1.57. The number of H-pyrrole nitrogens is 1. The molecule has 0 aliphatic heterocycles. The number of ether oxygens (including phenoxy) is 2. The zero-order valence-corrected chi connectivity index (χ0v) is 14.9. The van der Waals surface area contributed by atoms with Crippen LogP contribution < -0.4 is 4.74 Å². The lowest BCUT2D eigenvalue weighted by Gasteiger charge is -2.08. The van der Waals surface area contributed by atoms with Crippen LogP contribution in [-0.2, 0) is 11.3 Å². The summed E-state index contributed by atoms with van der Waals surface area (Å²) >= 11 is 5.87. The van der Waals surface area contributed by atoms with Crippen LogP contribution >= 0.6 is 11.6 Å². The Morgan fingerprint density at radius 1 is 1.19 bits per heavy atom. The summed E-state index contributed by atoms with van der Waals surface area (Å²) in [4.78, 5) is 23.0. The van der Waals surface area contributed by atoms with Crippen LogP contribution in [0, 0.1) is 0 Å². The number of carboxylic acid groups (broad SMARTS) is 1. The van der Waals surface area contributed by atoms with E-state index >= 15 is 0 Å². The number of halogens is 1. The van der Waals surface area contributed by atoms with Gasteiger partial charge in [-0.2, -0.15) is 0 Å². The van der Waals surface area contributed by atoms with Crippen molar-refractivity contribution in [3.05, 3.63) is 59.0 Å². The van der Waals surface area contributed by atoms with Crippen LogP contribution in [0.25, 0.3) is 21.8 Å². The number of pyridine rings is 2. The van der Waals surface area contributed by atoms with Gasteiger partial charge in [0.15, 0.2) is 5.69 Å². The van der Waals surface area contributed by atoms with E-state index in [1.54, 1.807) is 25.3 Å². The molecule has 27 heavy (non-hydrogen) atoms. The van der Waals surface area contributed by atoms with Crippen molar-refractivity contribution in [3.8, 4) is 11.6 Å². The van der Waals surface area contributed by atoms with Gasteiger partial charge < -0.3 is 19.6 Å². The summed E-state index contributed by atoms with van der Waals surface area (Å²) < 4.78 is 11.2. The number of fused-ring (bicyclic) bond motifs is 3. The van der Waals surface area contributed by atoms with Gasteiger partial charge in [-0.15, -0.1) is 0 Å². The molecule has 4 rings (SSSR count). The number of nitrogens with zero attached hydrogens (tertiary/aromatic N) is 2. The van der Waals surface area contributed by atoms with Crippen molar-refractivity contribution in [1.82, 2.24) is 15.0 Å². The Morgan fingerprint density at radius 2 is 2.04 bits per heavy atom. The van der Waals surface area contributed by atoms with Gasteiger partial charge >= 0.3 is 5.97 Å². The number of rotatable bonds is 5. The van der Waals surface area contributed by atoms with Gasteiger partial charge in [0.1, 0.15) is 5.75 Å². The molecule has 0 fully saturated rings. The first-order valence-electron chi connectivity index (χ1n) is 8.02.